The number of carbonyl (C=O) groups is 1. The highest BCUT2D eigenvalue weighted by atomic mass is 16.2. The van der Waals surface area contributed by atoms with Gasteiger partial charge >= 0.3 is 0 Å². The van der Waals surface area contributed by atoms with Crippen LogP contribution in [0.15, 0.2) is 30.3 Å². The van der Waals surface area contributed by atoms with Crippen LogP contribution in [-0.2, 0) is 11.2 Å². The van der Waals surface area contributed by atoms with Crippen molar-refractivity contribution in [2.24, 2.45) is 5.92 Å². The number of hydrogen-bond acceptors (Lipinski definition) is 2. The Kier molecular flexibility index (Phi) is 6.57. The topological polar surface area (TPSA) is 32.3 Å². The minimum atomic E-state index is -0.139. The fourth-order valence-corrected chi connectivity index (χ4v) is 1.99. The van der Waals surface area contributed by atoms with E-state index in [-0.39, 0.29) is 11.9 Å². The van der Waals surface area contributed by atoms with Crippen LogP contribution in [0, 0.1) is 5.92 Å². The maximum atomic E-state index is 12.4. The number of carbonyl (C=O) groups excluding carboxylic acids is 1. The fourth-order valence-electron chi connectivity index (χ4n) is 1.99. The number of rotatable bonds is 7. The van der Waals surface area contributed by atoms with Crippen LogP contribution in [0.4, 0.5) is 0 Å². The zero-order valence-electron chi connectivity index (χ0n) is 12.5. The first-order valence-electron chi connectivity index (χ1n) is 7.00. The van der Waals surface area contributed by atoms with Crippen LogP contribution < -0.4 is 5.32 Å². The van der Waals surface area contributed by atoms with Crippen LogP contribution in [0.2, 0.25) is 0 Å². The molecule has 0 fully saturated rings. The van der Waals surface area contributed by atoms with E-state index in [0.29, 0.717) is 5.92 Å². The highest BCUT2D eigenvalue weighted by Crippen LogP contribution is 2.07. The van der Waals surface area contributed by atoms with E-state index < -0.39 is 0 Å². The Morgan fingerprint density at radius 2 is 1.89 bits per heavy atom. The molecule has 1 N–H and O–H groups in total. The van der Waals surface area contributed by atoms with Crippen LogP contribution in [0.1, 0.15) is 25.8 Å². The van der Waals surface area contributed by atoms with E-state index >= 15 is 0 Å². The quantitative estimate of drug-likeness (QED) is 0.818. The molecule has 0 aromatic heterocycles. The number of nitrogens with zero attached hydrogens (tertiary/aromatic N) is 1. The molecule has 0 radical (unpaired) electrons. The van der Waals surface area contributed by atoms with E-state index in [1.807, 2.05) is 37.2 Å². The second-order valence-electron chi connectivity index (χ2n) is 5.47. The molecule has 0 aliphatic carbocycles. The maximum absolute atomic E-state index is 12.4. The molecule has 0 unspecified atom stereocenters. The largest absolute Gasteiger partial charge is 0.344 e. The van der Waals surface area contributed by atoms with E-state index in [9.17, 15) is 4.79 Å². The van der Waals surface area contributed by atoms with Crippen molar-refractivity contribution >= 4 is 5.91 Å². The molecule has 3 heteroatoms. The first kappa shape index (κ1) is 15.7. The SMILES string of the molecule is CN[C@@H](Cc1ccccc1)C(=O)N(C)CCC(C)C. The lowest BCUT2D eigenvalue weighted by Crippen LogP contribution is -2.45. The zero-order chi connectivity index (χ0) is 14.3. The summed E-state index contributed by atoms with van der Waals surface area (Å²) in [7, 11) is 3.74. The van der Waals surface area contributed by atoms with Crippen LogP contribution >= 0.6 is 0 Å². The van der Waals surface area contributed by atoms with E-state index in [2.05, 4.69) is 31.3 Å². The summed E-state index contributed by atoms with van der Waals surface area (Å²) < 4.78 is 0. The van der Waals surface area contributed by atoms with Gasteiger partial charge in [0.25, 0.3) is 0 Å². The molecular weight excluding hydrogens is 236 g/mol. The molecule has 0 heterocycles. The van der Waals surface area contributed by atoms with Gasteiger partial charge in [0.15, 0.2) is 0 Å². The first-order valence-corrected chi connectivity index (χ1v) is 7.00. The third kappa shape index (κ3) is 5.43. The Labute approximate surface area is 117 Å². The lowest BCUT2D eigenvalue weighted by atomic mass is 10.0. The highest BCUT2D eigenvalue weighted by molar-refractivity contribution is 5.82. The zero-order valence-corrected chi connectivity index (χ0v) is 12.5. The molecule has 0 saturated heterocycles. The molecule has 0 bridgehead atoms. The molecule has 0 saturated carbocycles. The third-order valence-corrected chi connectivity index (χ3v) is 3.35. The van der Waals surface area contributed by atoms with Gasteiger partial charge in [-0.05, 0) is 31.4 Å². The average Bonchev–Trinajstić information content (AvgIpc) is 2.42. The third-order valence-electron chi connectivity index (χ3n) is 3.35. The molecule has 106 valence electrons. The molecule has 0 spiro atoms. The van der Waals surface area contributed by atoms with Crippen LogP contribution in [-0.4, -0.2) is 37.5 Å². The minimum absolute atomic E-state index is 0.139. The van der Waals surface area contributed by atoms with Crippen molar-refractivity contribution in [1.82, 2.24) is 10.2 Å². The van der Waals surface area contributed by atoms with Gasteiger partial charge in [0.05, 0.1) is 6.04 Å². The van der Waals surface area contributed by atoms with E-state index in [1.165, 1.54) is 5.56 Å². The maximum Gasteiger partial charge on any atom is 0.239 e. The van der Waals surface area contributed by atoms with Crippen LogP contribution in [0.25, 0.3) is 0 Å². The predicted molar refractivity (Wildman–Crippen MR) is 80.1 cm³/mol. The molecule has 1 amide bonds. The normalized spacial score (nSPS) is 12.5. The van der Waals surface area contributed by atoms with Gasteiger partial charge in [-0.25, -0.2) is 0 Å². The Bertz CT molecular complexity index is 376. The van der Waals surface area contributed by atoms with Gasteiger partial charge in [0, 0.05) is 13.6 Å². The molecule has 0 aliphatic heterocycles. The van der Waals surface area contributed by atoms with Gasteiger partial charge in [0.1, 0.15) is 0 Å². The Morgan fingerprint density at radius 1 is 1.26 bits per heavy atom. The van der Waals surface area contributed by atoms with Gasteiger partial charge in [0.2, 0.25) is 5.91 Å². The van der Waals surface area contributed by atoms with E-state index in [1.54, 1.807) is 0 Å². The second kappa shape index (κ2) is 7.95. The Hall–Kier alpha value is -1.35. The lowest BCUT2D eigenvalue weighted by Gasteiger charge is -2.24. The van der Waals surface area contributed by atoms with E-state index in [0.717, 1.165) is 19.4 Å². The summed E-state index contributed by atoms with van der Waals surface area (Å²) in [5.41, 5.74) is 1.19. The summed E-state index contributed by atoms with van der Waals surface area (Å²) in [5.74, 6) is 0.796. The monoisotopic (exact) mass is 262 g/mol. The molecule has 3 nitrogen and oxygen atoms in total. The first-order chi connectivity index (χ1) is 9.04. The van der Waals surface area contributed by atoms with Gasteiger partial charge in [-0.2, -0.15) is 0 Å². The molecule has 1 atom stereocenters. The van der Waals surface area contributed by atoms with Crippen molar-refractivity contribution in [2.45, 2.75) is 32.7 Å². The molecule has 1 aromatic carbocycles. The summed E-state index contributed by atoms with van der Waals surface area (Å²) >= 11 is 0. The van der Waals surface area contributed by atoms with Crippen molar-refractivity contribution in [3.05, 3.63) is 35.9 Å². The highest BCUT2D eigenvalue weighted by Gasteiger charge is 2.20. The molecular formula is C16H26N2O. The summed E-state index contributed by atoms with van der Waals surface area (Å²) in [6.07, 6.45) is 1.78. The fraction of sp³-hybridized carbons (Fsp3) is 0.562. The van der Waals surface area contributed by atoms with E-state index in [4.69, 9.17) is 0 Å². The standard InChI is InChI=1S/C16H26N2O/c1-13(2)10-11-18(4)16(19)15(17-3)12-14-8-6-5-7-9-14/h5-9,13,15,17H,10-12H2,1-4H3/t15-/m0/s1. The van der Waals surface area contributed by atoms with Crippen LogP contribution in [0.5, 0.6) is 0 Å². The molecule has 1 rings (SSSR count). The number of benzene rings is 1. The smallest absolute Gasteiger partial charge is 0.239 e. The van der Waals surface area contributed by atoms with Crippen molar-refractivity contribution in [3.63, 3.8) is 0 Å². The number of likely N-dealkylation sites (N-methyl/N-ethyl adjacent to an activating group) is 2. The van der Waals surface area contributed by atoms with Crippen molar-refractivity contribution in [2.75, 3.05) is 20.6 Å². The Morgan fingerprint density at radius 3 is 2.42 bits per heavy atom. The van der Waals surface area contributed by atoms with Gasteiger partial charge in [-0.1, -0.05) is 44.2 Å². The average molecular weight is 262 g/mol. The number of hydrogen-bond donors (Lipinski definition) is 1. The molecule has 1 aromatic rings. The predicted octanol–water partition coefficient (Wildman–Crippen LogP) is 2.32. The van der Waals surface area contributed by atoms with Crippen molar-refractivity contribution < 1.29 is 4.79 Å². The van der Waals surface area contributed by atoms with Crippen molar-refractivity contribution in [3.8, 4) is 0 Å². The summed E-state index contributed by atoms with van der Waals surface area (Å²) in [5, 5.41) is 3.13. The lowest BCUT2D eigenvalue weighted by molar-refractivity contribution is -0.132. The molecule has 19 heavy (non-hydrogen) atoms. The summed E-state index contributed by atoms with van der Waals surface area (Å²) in [6.45, 7) is 5.18. The Balaban J connectivity index is 2.56. The molecule has 0 aliphatic rings. The van der Waals surface area contributed by atoms with Gasteiger partial charge in [-0.3, -0.25) is 4.79 Å². The van der Waals surface area contributed by atoms with Gasteiger partial charge < -0.3 is 10.2 Å². The van der Waals surface area contributed by atoms with Crippen molar-refractivity contribution in [1.29, 1.82) is 0 Å². The van der Waals surface area contributed by atoms with Crippen LogP contribution in [0.3, 0.4) is 0 Å². The summed E-state index contributed by atoms with van der Waals surface area (Å²) in [4.78, 5) is 14.2. The van der Waals surface area contributed by atoms with Gasteiger partial charge in [-0.15, -0.1) is 0 Å². The minimum Gasteiger partial charge on any atom is -0.344 e. The number of amides is 1. The summed E-state index contributed by atoms with van der Waals surface area (Å²) in [6, 6.07) is 10.00. The second-order valence-corrected chi connectivity index (χ2v) is 5.47. The number of nitrogens with one attached hydrogen (secondary N) is 1.